The van der Waals surface area contributed by atoms with E-state index in [1.807, 2.05) is 67.1 Å². The molecule has 1 aliphatic rings. The first-order valence-corrected chi connectivity index (χ1v) is 12.1. The number of fused-ring (bicyclic) bond motifs is 1. The summed E-state index contributed by atoms with van der Waals surface area (Å²) in [6.45, 7) is 3.46. The van der Waals surface area contributed by atoms with Gasteiger partial charge in [0.25, 0.3) is 0 Å². The van der Waals surface area contributed by atoms with Crippen LogP contribution in [0.25, 0.3) is 17.1 Å². The van der Waals surface area contributed by atoms with Gasteiger partial charge in [-0.05, 0) is 48.9 Å². The maximum Gasteiger partial charge on any atom is 0.124 e. The van der Waals surface area contributed by atoms with Gasteiger partial charge in [-0.3, -0.25) is 15.0 Å². The second-order valence-corrected chi connectivity index (χ2v) is 9.02. The van der Waals surface area contributed by atoms with Crippen LogP contribution in [0, 0.1) is 6.92 Å². The molecule has 188 valence electrons. The summed E-state index contributed by atoms with van der Waals surface area (Å²) in [5.41, 5.74) is 6.60. The van der Waals surface area contributed by atoms with E-state index in [0.29, 0.717) is 6.54 Å². The lowest BCUT2D eigenvalue weighted by Crippen LogP contribution is -2.17. The van der Waals surface area contributed by atoms with Crippen LogP contribution in [0.2, 0.25) is 0 Å². The Balaban J connectivity index is 1.53. The van der Waals surface area contributed by atoms with Crippen molar-refractivity contribution in [2.45, 2.75) is 12.8 Å². The number of benzene rings is 2. The summed E-state index contributed by atoms with van der Waals surface area (Å²) in [7, 11) is 5.27. The fraction of sp³-hybridized carbons (Fsp3) is 0.241. The third kappa shape index (κ3) is 5.53. The molecule has 0 saturated heterocycles. The van der Waals surface area contributed by atoms with Crippen molar-refractivity contribution in [3.05, 3.63) is 84.0 Å². The molecule has 5 rings (SSSR count). The lowest BCUT2D eigenvalue weighted by molar-refractivity contribution is 0.380. The Morgan fingerprint density at radius 2 is 1.78 bits per heavy atom. The largest absolute Gasteiger partial charge is 0.497 e. The topological polar surface area (TPSA) is 76.0 Å². The molecule has 0 amide bonds. The van der Waals surface area contributed by atoms with E-state index >= 15 is 0 Å². The van der Waals surface area contributed by atoms with E-state index in [2.05, 4.69) is 51.2 Å². The molecule has 2 aromatic heterocycles. The van der Waals surface area contributed by atoms with Gasteiger partial charge >= 0.3 is 0 Å². The van der Waals surface area contributed by atoms with Gasteiger partial charge in [0, 0.05) is 68.3 Å². The van der Waals surface area contributed by atoms with Gasteiger partial charge in [0.15, 0.2) is 0 Å². The number of methoxy groups -OCH3 is 2. The summed E-state index contributed by atoms with van der Waals surface area (Å²) in [4.78, 5) is 16.3. The van der Waals surface area contributed by atoms with Crippen molar-refractivity contribution >= 4 is 34.7 Å². The molecule has 8 nitrogen and oxygen atoms in total. The predicted molar refractivity (Wildman–Crippen MR) is 148 cm³/mol. The van der Waals surface area contributed by atoms with Crippen molar-refractivity contribution in [2.75, 3.05) is 39.3 Å². The van der Waals surface area contributed by atoms with Crippen molar-refractivity contribution in [2.24, 2.45) is 5.10 Å². The zero-order valence-corrected chi connectivity index (χ0v) is 21.5. The Hall–Kier alpha value is -4.46. The molecule has 1 aliphatic heterocycles. The minimum Gasteiger partial charge on any atom is -0.497 e. The highest BCUT2D eigenvalue weighted by atomic mass is 16.5. The molecule has 8 heteroatoms. The van der Waals surface area contributed by atoms with Crippen molar-refractivity contribution < 1.29 is 9.47 Å². The van der Waals surface area contributed by atoms with E-state index in [1.165, 1.54) is 5.56 Å². The highest BCUT2D eigenvalue weighted by Crippen LogP contribution is 2.34. The first-order valence-electron chi connectivity index (χ1n) is 12.1. The number of hydrogen-bond donors (Lipinski definition) is 0. The van der Waals surface area contributed by atoms with Crippen LogP contribution in [0.4, 0.5) is 11.4 Å². The molecule has 0 spiro atoms. The van der Waals surface area contributed by atoms with E-state index in [4.69, 9.17) is 14.5 Å². The number of pyridine rings is 1. The van der Waals surface area contributed by atoms with E-state index in [1.54, 1.807) is 14.2 Å². The zero-order valence-electron chi connectivity index (χ0n) is 21.5. The molecule has 1 atom stereocenters. The average Bonchev–Trinajstić information content (AvgIpc) is 3.36. The van der Waals surface area contributed by atoms with Crippen molar-refractivity contribution in [1.29, 1.82) is 0 Å². The van der Waals surface area contributed by atoms with E-state index < -0.39 is 0 Å². The third-order valence-electron chi connectivity index (χ3n) is 6.30. The second kappa shape index (κ2) is 10.7. The van der Waals surface area contributed by atoms with Crippen LogP contribution in [0.3, 0.4) is 0 Å². The average molecular weight is 495 g/mol. The second-order valence-electron chi connectivity index (χ2n) is 9.02. The molecule has 0 bridgehead atoms. The summed E-state index contributed by atoms with van der Waals surface area (Å²) in [5.74, 6) is 1.57. The molecule has 2 aromatic carbocycles. The zero-order chi connectivity index (χ0) is 25.8. The van der Waals surface area contributed by atoms with Gasteiger partial charge in [-0.15, -0.1) is 0 Å². The Morgan fingerprint density at radius 1 is 0.973 bits per heavy atom. The first-order chi connectivity index (χ1) is 18.0. The molecule has 0 N–H and O–H groups in total. The summed E-state index contributed by atoms with van der Waals surface area (Å²) < 4.78 is 11.1. The van der Waals surface area contributed by atoms with Gasteiger partial charge in [0.05, 0.1) is 42.6 Å². The predicted octanol–water partition coefficient (Wildman–Crippen LogP) is 5.22. The van der Waals surface area contributed by atoms with Crippen LogP contribution in [0.15, 0.2) is 72.1 Å². The SMILES string of the molecule is COc1cc(OC)cc(N(C/C=C/c2cc(C)ccn2)c2ccc3ncc(C4C=NN(C)C4)nc3c2)c1. The van der Waals surface area contributed by atoms with Crippen LogP contribution in [0.5, 0.6) is 11.5 Å². The van der Waals surface area contributed by atoms with Crippen molar-refractivity contribution in [3.8, 4) is 11.5 Å². The third-order valence-corrected chi connectivity index (χ3v) is 6.30. The smallest absolute Gasteiger partial charge is 0.124 e. The highest BCUT2D eigenvalue weighted by molar-refractivity contribution is 5.82. The number of nitrogens with zero attached hydrogens (tertiary/aromatic N) is 6. The molecule has 4 aromatic rings. The summed E-state index contributed by atoms with van der Waals surface area (Å²) in [6, 6.07) is 16.1. The van der Waals surface area contributed by atoms with Gasteiger partial charge in [-0.25, -0.2) is 4.98 Å². The number of aromatic nitrogens is 3. The van der Waals surface area contributed by atoms with Gasteiger partial charge in [0.1, 0.15) is 11.5 Å². The number of anilines is 2. The number of hydrazone groups is 1. The number of rotatable bonds is 8. The lowest BCUT2D eigenvalue weighted by Gasteiger charge is -2.25. The Bertz CT molecular complexity index is 1450. The van der Waals surface area contributed by atoms with Crippen LogP contribution in [-0.2, 0) is 0 Å². The number of hydrogen-bond acceptors (Lipinski definition) is 8. The molecular formula is C29H30N6O2. The minimum absolute atomic E-state index is 0.133. The highest BCUT2D eigenvalue weighted by Gasteiger charge is 2.19. The monoisotopic (exact) mass is 494 g/mol. The Kier molecular flexibility index (Phi) is 6.98. The van der Waals surface area contributed by atoms with E-state index in [-0.39, 0.29) is 5.92 Å². The fourth-order valence-electron chi connectivity index (χ4n) is 4.34. The molecular weight excluding hydrogens is 464 g/mol. The van der Waals surface area contributed by atoms with Gasteiger partial charge in [-0.1, -0.05) is 6.08 Å². The molecule has 0 radical (unpaired) electrons. The van der Waals surface area contributed by atoms with Crippen LogP contribution < -0.4 is 14.4 Å². The van der Waals surface area contributed by atoms with Gasteiger partial charge in [0.2, 0.25) is 0 Å². The Labute approximate surface area is 216 Å². The molecule has 37 heavy (non-hydrogen) atoms. The molecule has 0 fully saturated rings. The summed E-state index contributed by atoms with van der Waals surface area (Å²) in [5, 5.41) is 6.27. The first kappa shape index (κ1) is 24.2. The number of likely N-dealkylation sites (N-methyl/N-ethyl adjacent to an activating group) is 1. The normalized spacial score (nSPS) is 15.0. The van der Waals surface area contributed by atoms with Crippen molar-refractivity contribution in [1.82, 2.24) is 20.0 Å². The number of ether oxygens (including phenoxy) is 2. The van der Waals surface area contributed by atoms with E-state index in [0.717, 1.165) is 51.8 Å². The minimum atomic E-state index is 0.133. The Morgan fingerprint density at radius 3 is 2.49 bits per heavy atom. The maximum absolute atomic E-state index is 5.55. The van der Waals surface area contributed by atoms with Crippen LogP contribution >= 0.6 is 0 Å². The lowest BCUT2D eigenvalue weighted by atomic mass is 10.1. The van der Waals surface area contributed by atoms with Gasteiger partial charge < -0.3 is 14.4 Å². The molecule has 0 saturated carbocycles. The van der Waals surface area contributed by atoms with E-state index in [9.17, 15) is 0 Å². The fourth-order valence-corrected chi connectivity index (χ4v) is 4.34. The summed E-state index contributed by atoms with van der Waals surface area (Å²) >= 11 is 0. The quantitative estimate of drug-likeness (QED) is 0.333. The number of aryl methyl sites for hydroxylation is 1. The summed E-state index contributed by atoms with van der Waals surface area (Å²) in [6.07, 6.45) is 9.74. The molecule has 1 unspecified atom stereocenters. The maximum atomic E-state index is 5.55. The molecule has 0 aliphatic carbocycles. The van der Waals surface area contributed by atoms with Gasteiger partial charge in [-0.2, -0.15) is 5.10 Å². The van der Waals surface area contributed by atoms with Crippen molar-refractivity contribution in [3.63, 3.8) is 0 Å². The molecule has 3 heterocycles. The standard InChI is InChI=1S/C29H30N6O2/c1-20-9-10-30-22(12-20)6-5-11-35(24-13-25(36-3)16-26(14-24)37-4)23-7-8-27-28(15-23)33-29(18-31-27)21-17-32-34(2)19-21/h5-10,12-18,21H,11,19H2,1-4H3/b6-5+. The van der Waals surface area contributed by atoms with Crippen LogP contribution in [-0.4, -0.2) is 60.5 Å². The van der Waals surface area contributed by atoms with Crippen LogP contribution in [0.1, 0.15) is 22.9 Å².